The van der Waals surface area contributed by atoms with E-state index < -0.39 is 0 Å². The molecule has 0 aromatic heterocycles. The van der Waals surface area contributed by atoms with Gasteiger partial charge in [0.1, 0.15) is 0 Å². The highest BCUT2D eigenvalue weighted by Gasteiger charge is 2.01. The van der Waals surface area contributed by atoms with Gasteiger partial charge in [0, 0.05) is 38.4 Å². The molecule has 0 radical (unpaired) electrons. The smallest absolute Gasteiger partial charge is 0.316 e. The number of carbonyl (C=O) groups excluding carboxylic acids is 2. The Bertz CT molecular complexity index is 413. The average molecular weight is 249 g/mol. The van der Waals surface area contributed by atoms with Crippen LogP contribution in [-0.2, 0) is 0 Å². The van der Waals surface area contributed by atoms with Crippen molar-refractivity contribution in [2.45, 2.75) is 6.92 Å². The molecule has 0 aliphatic heterocycles. The fourth-order valence-corrected chi connectivity index (χ4v) is 1.36. The molecule has 0 saturated heterocycles. The van der Waals surface area contributed by atoms with Gasteiger partial charge >= 0.3 is 6.03 Å². The van der Waals surface area contributed by atoms with E-state index in [0.29, 0.717) is 18.7 Å². The van der Waals surface area contributed by atoms with Gasteiger partial charge in [-0.25, -0.2) is 4.79 Å². The van der Waals surface area contributed by atoms with Crippen LogP contribution in [0.1, 0.15) is 17.3 Å². The fraction of sp³-hybridized carbons (Fsp3) is 0.385. The zero-order valence-electron chi connectivity index (χ0n) is 11.0. The Hall–Kier alpha value is -2.04. The summed E-state index contributed by atoms with van der Waals surface area (Å²) in [5.74, 6) is 0.0554. The highest BCUT2D eigenvalue weighted by atomic mass is 16.2. The summed E-state index contributed by atoms with van der Waals surface area (Å²) in [6.45, 7) is 2.73. The van der Waals surface area contributed by atoms with Gasteiger partial charge in [0.15, 0.2) is 5.78 Å². The van der Waals surface area contributed by atoms with E-state index in [-0.39, 0.29) is 11.8 Å². The third kappa shape index (κ3) is 4.45. The summed E-state index contributed by atoms with van der Waals surface area (Å²) in [7, 11) is 3.40. The molecule has 2 N–H and O–H groups in total. The van der Waals surface area contributed by atoms with Crippen molar-refractivity contribution in [1.82, 2.24) is 10.2 Å². The van der Waals surface area contributed by atoms with Crippen LogP contribution in [0.15, 0.2) is 24.3 Å². The number of benzene rings is 1. The molecule has 18 heavy (non-hydrogen) atoms. The van der Waals surface area contributed by atoms with Gasteiger partial charge in [0.25, 0.3) is 0 Å². The highest BCUT2D eigenvalue weighted by Crippen LogP contribution is 2.09. The van der Waals surface area contributed by atoms with Crippen molar-refractivity contribution in [1.29, 1.82) is 0 Å². The first-order chi connectivity index (χ1) is 8.50. The molecule has 0 aliphatic rings. The molecule has 1 aromatic carbocycles. The average Bonchev–Trinajstić information content (AvgIpc) is 2.34. The molecular weight excluding hydrogens is 230 g/mol. The number of amides is 2. The molecule has 0 unspecified atom stereocenters. The zero-order valence-corrected chi connectivity index (χ0v) is 11.0. The van der Waals surface area contributed by atoms with Crippen LogP contribution < -0.4 is 10.6 Å². The number of rotatable bonds is 5. The molecule has 0 heterocycles. The minimum atomic E-state index is -0.108. The monoisotopic (exact) mass is 249 g/mol. The molecule has 1 rings (SSSR count). The van der Waals surface area contributed by atoms with Crippen molar-refractivity contribution in [3.63, 3.8) is 0 Å². The predicted molar refractivity (Wildman–Crippen MR) is 72.0 cm³/mol. The van der Waals surface area contributed by atoms with Crippen LogP contribution >= 0.6 is 0 Å². The topological polar surface area (TPSA) is 61.4 Å². The van der Waals surface area contributed by atoms with E-state index >= 15 is 0 Å². The SMILES string of the molecule is CC(=O)c1ccc(NCCNC(=O)N(C)C)cc1. The summed E-state index contributed by atoms with van der Waals surface area (Å²) >= 11 is 0. The first-order valence-electron chi connectivity index (χ1n) is 5.80. The van der Waals surface area contributed by atoms with Crippen LogP contribution in [0.4, 0.5) is 10.5 Å². The van der Waals surface area contributed by atoms with E-state index in [9.17, 15) is 9.59 Å². The molecular formula is C13H19N3O2. The van der Waals surface area contributed by atoms with Crippen LogP contribution in [0.5, 0.6) is 0 Å². The lowest BCUT2D eigenvalue weighted by molar-refractivity contribution is 0.101. The summed E-state index contributed by atoms with van der Waals surface area (Å²) < 4.78 is 0. The fourth-order valence-electron chi connectivity index (χ4n) is 1.36. The maximum absolute atomic E-state index is 11.2. The second kappa shape index (κ2) is 6.64. The number of nitrogens with one attached hydrogen (secondary N) is 2. The van der Waals surface area contributed by atoms with Gasteiger partial charge in [0.2, 0.25) is 0 Å². The molecule has 0 aliphatic carbocycles. The summed E-state index contributed by atoms with van der Waals surface area (Å²) in [6, 6.07) is 7.16. The lowest BCUT2D eigenvalue weighted by Crippen LogP contribution is -2.37. The molecule has 98 valence electrons. The number of anilines is 1. The van der Waals surface area contributed by atoms with E-state index in [1.807, 2.05) is 12.1 Å². The van der Waals surface area contributed by atoms with Crippen molar-refractivity contribution in [3.05, 3.63) is 29.8 Å². The first kappa shape index (κ1) is 14.0. The number of hydrogen-bond acceptors (Lipinski definition) is 3. The minimum Gasteiger partial charge on any atom is -0.383 e. The Kier molecular flexibility index (Phi) is 5.17. The summed E-state index contributed by atoms with van der Waals surface area (Å²) in [4.78, 5) is 23.8. The molecule has 0 atom stereocenters. The van der Waals surface area contributed by atoms with E-state index in [1.54, 1.807) is 33.2 Å². The van der Waals surface area contributed by atoms with Crippen molar-refractivity contribution < 1.29 is 9.59 Å². The van der Waals surface area contributed by atoms with Crippen molar-refractivity contribution in [2.24, 2.45) is 0 Å². The molecule has 5 nitrogen and oxygen atoms in total. The second-order valence-corrected chi connectivity index (χ2v) is 4.19. The summed E-state index contributed by atoms with van der Waals surface area (Å²) in [5.41, 5.74) is 1.63. The number of hydrogen-bond donors (Lipinski definition) is 2. The molecule has 0 saturated carbocycles. The summed E-state index contributed by atoms with van der Waals surface area (Å²) in [5, 5.41) is 5.91. The van der Waals surface area contributed by atoms with Crippen LogP contribution in [0.25, 0.3) is 0 Å². The summed E-state index contributed by atoms with van der Waals surface area (Å²) in [6.07, 6.45) is 0. The van der Waals surface area contributed by atoms with Crippen LogP contribution in [0, 0.1) is 0 Å². The zero-order chi connectivity index (χ0) is 13.5. The van der Waals surface area contributed by atoms with Gasteiger partial charge < -0.3 is 15.5 Å². The largest absolute Gasteiger partial charge is 0.383 e. The third-order valence-electron chi connectivity index (χ3n) is 2.43. The van der Waals surface area contributed by atoms with E-state index in [1.165, 1.54) is 4.90 Å². The van der Waals surface area contributed by atoms with Crippen molar-refractivity contribution in [3.8, 4) is 0 Å². The van der Waals surface area contributed by atoms with E-state index in [4.69, 9.17) is 0 Å². The normalized spacial score (nSPS) is 9.72. The molecule has 5 heteroatoms. The number of urea groups is 1. The van der Waals surface area contributed by atoms with Gasteiger partial charge in [-0.3, -0.25) is 4.79 Å². The number of carbonyl (C=O) groups is 2. The predicted octanol–water partition coefficient (Wildman–Crippen LogP) is 1.57. The van der Waals surface area contributed by atoms with Crippen molar-refractivity contribution >= 4 is 17.5 Å². The first-order valence-corrected chi connectivity index (χ1v) is 5.80. The molecule has 1 aromatic rings. The van der Waals surface area contributed by atoms with Gasteiger partial charge in [0.05, 0.1) is 0 Å². The van der Waals surface area contributed by atoms with Gasteiger partial charge in [-0.2, -0.15) is 0 Å². The van der Waals surface area contributed by atoms with E-state index in [2.05, 4.69) is 10.6 Å². The van der Waals surface area contributed by atoms with Gasteiger partial charge in [-0.1, -0.05) is 0 Å². The van der Waals surface area contributed by atoms with Crippen LogP contribution in [0.3, 0.4) is 0 Å². The van der Waals surface area contributed by atoms with Crippen LogP contribution in [0.2, 0.25) is 0 Å². The lowest BCUT2D eigenvalue weighted by atomic mass is 10.1. The molecule has 0 bridgehead atoms. The Balaban J connectivity index is 2.31. The Morgan fingerprint density at radius 3 is 2.22 bits per heavy atom. The number of Topliss-reactive ketones (excluding diaryl/α,β-unsaturated/α-hetero) is 1. The maximum atomic E-state index is 11.2. The van der Waals surface area contributed by atoms with E-state index in [0.717, 1.165) is 5.69 Å². The highest BCUT2D eigenvalue weighted by molar-refractivity contribution is 5.94. The Morgan fingerprint density at radius 1 is 1.11 bits per heavy atom. The Morgan fingerprint density at radius 2 is 1.72 bits per heavy atom. The molecule has 2 amide bonds. The quantitative estimate of drug-likeness (QED) is 0.615. The van der Waals surface area contributed by atoms with Crippen LogP contribution in [-0.4, -0.2) is 43.9 Å². The maximum Gasteiger partial charge on any atom is 0.316 e. The second-order valence-electron chi connectivity index (χ2n) is 4.19. The minimum absolute atomic E-state index is 0.0554. The third-order valence-corrected chi connectivity index (χ3v) is 2.43. The lowest BCUT2D eigenvalue weighted by Gasteiger charge is -2.12. The standard InChI is InChI=1S/C13H19N3O2/c1-10(17)11-4-6-12(7-5-11)14-8-9-15-13(18)16(2)3/h4-7,14H,8-9H2,1-3H3,(H,15,18). The number of ketones is 1. The molecule has 0 spiro atoms. The Labute approximate surface area is 107 Å². The number of nitrogens with zero attached hydrogens (tertiary/aromatic N) is 1. The van der Waals surface area contributed by atoms with Crippen molar-refractivity contribution in [2.75, 3.05) is 32.5 Å². The van der Waals surface area contributed by atoms with Gasteiger partial charge in [-0.15, -0.1) is 0 Å². The molecule has 0 fully saturated rings. The van der Waals surface area contributed by atoms with Gasteiger partial charge in [-0.05, 0) is 31.2 Å².